The fourth-order valence-corrected chi connectivity index (χ4v) is 3.79. The lowest BCUT2D eigenvalue weighted by Gasteiger charge is -2.33. The predicted molar refractivity (Wildman–Crippen MR) is 117 cm³/mol. The van der Waals surface area contributed by atoms with Crippen molar-refractivity contribution in [3.63, 3.8) is 0 Å². The van der Waals surface area contributed by atoms with E-state index in [0.717, 1.165) is 42.3 Å². The van der Waals surface area contributed by atoms with Crippen LogP contribution in [-0.4, -0.2) is 56.3 Å². The van der Waals surface area contributed by atoms with Gasteiger partial charge in [0.2, 0.25) is 0 Å². The second kappa shape index (κ2) is 7.75. The van der Waals surface area contributed by atoms with Gasteiger partial charge < -0.3 is 19.9 Å². The average Bonchev–Trinajstić information content (AvgIpc) is 2.73. The molecule has 0 unspecified atom stereocenters. The normalized spacial score (nSPS) is 16.8. The topological polar surface area (TPSA) is 62.1 Å². The molecule has 29 heavy (non-hydrogen) atoms. The molecule has 3 heterocycles. The van der Waals surface area contributed by atoms with Crippen molar-refractivity contribution < 1.29 is 4.74 Å². The first-order valence-electron chi connectivity index (χ1n) is 9.84. The first kappa shape index (κ1) is 19.3. The number of hydrogen-bond donors (Lipinski definition) is 1. The molecule has 0 aliphatic carbocycles. The molecule has 1 atom stereocenters. The maximum atomic E-state index is 12.9. The van der Waals surface area contributed by atoms with Gasteiger partial charge in [-0.3, -0.25) is 9.20 Å². The Labute approximate surface area is 170 Å². The van der Waals surface area contributed by atoms with E-state index in [1.165, 1.54) is 0 Å². The number of rotatable bonds is 4. The summed E-state index contributed by atoms with van der Waals surface area (Å²) in [5, 5.41) is 3.44. The third-order valence-corrected chi connectivity index (χ3v) is 5.33. The van der Waals surface area contributed by atoms with Crippen molar-refractivity contribution in [2.75, 3.05) is 50.6 Å². The van der Waals surface area contributed by atoms with Gasteiger partial charge in [-0.25, -0.2) is 4.98 Å². The number of methoxy groups -OCH3 is 1. The van der Waals surface area contributed by atoms with E-state index in [4.69, 9.17) is 9.72 Å². The first-order chi connectivity index (χ1) is 14.0. The van der Waals surface area contributed by atoms with E-state index in [-0.39, 0.29) is 5.56 Å². The first-order valence-corrected chi connectivity index (χ1v) is 9.84. The SMILES string of the molecule is COc1ccc(-c2cc(=O)n3cc(N4CCN[C@@H](C)C4)ccc3n2)cc1N(C)C. The second-order valence-corrected chi connectivity index (χ2v) is 7.68. The Kier molecular flexibility index (Phi) is 5.15. The van der Waals surface area contributed by atoms with Crippen molar-refractivity contribution in [3.8, 4) is 17.0 Å². The molecule has 0 radical (unpaired) electrons. The standard InChI is InChI=1S/C22H27N5O2/c1-15-13-26(10-9-23-15)17-6-8-21-24-18(12-22(28)27(21)14-17)16-5-7-20(29-4)19(11-16)25(2)3/h5-8,11-12,14-15,23H,9-10,13H2,1-4H3/t15-/m0/s1. The minimum atomic E-state index is -0.0859. The lowest BCUT2D eigenvalue weighted by molar-refractivity contribution is 0.415. The van der Waals surface area contributed by atoms with Crippen LogP contribution in [0.1, 0.15) is 6.92 Å². The summed E-state index contributed by atoms with van der Waals surface area (Å²) in [6.45, 7) is 4.96. The average molecular weight is 393 g/mol. The van der Waals surface area contributed by atoms with Crippen LogP contribution in [-0.2, 0) is 0 Å². The molecule has 152 valence electrons. The van der Waals surface area contributed by atoms with Crippen LogP contribution in [0.15, 0.2) is 47.4 Å². The summed E-state index contributed by atoms with van der Waals surface area (Å²) in [6, 6.07) is 11.8. The molecule has 1 aromatic carbocycles. The number of ether oxygens (including phenoxy) is 1. The number of fused-ring (bicyclic) bond motifs is 1. The van der Waals surface area contributed by atoms with Gasteiger partial charge in [0.15, 0.2) is 0 Å². The van der Waals surface area contributed by atoms with Crippen LogP contribution in [0.3, 0.4) is 0 Å². The van der Waals surface area contributed by atoms with Gasteiger partial charge in [-0.15, -0.1) is 0 Å². The summed E-state index contributed by atoms with van der Waals surface area (Å²) in [7, 11) is 5.57. The highest BCUT2D eigenvalue weighted by Gasteiger charge is 2.17. The third-order valence-electron chi connectivity index (χ3n) is 5.33. The number of nitrogens with one attached hydrogen (secondary N) is 1. The number of anilines is 2. The Balaban J connectivity index is 1.74. The van der Waals surface area contributed by atoms with Crippen LogP contribution in [0, 0.1) is 0 Å². The fourth-order valence-electron chi connectivity index (χ4n) is 3.79. The summed E-state index contributed by atoms with van der Waals surface area (Å²) in [5.74, 6) is 0.783. The molecule has 1 fully saturated rings. The van der Waals surface area contributed by atoms with Gasteiger partial charge in [0.1, 0.15) is 11.4 Å². The molecule has 7 nitrogen and oxygen atoms in total. The molecule has 3 aromatic rings. The fraction of sp³-hybridized carbons (Fsp3) is 0.364. The summed E-state index contributed by atoms with van der Waals surface area (Å²) < 4.78 is 7.06. The zero-order chi connectivity index (χ0) is 20.5. The summed E-state index contributed by atoms with van der Waals surface area (Å²) in [4.78, 5) is 21.9. The van der Waals surface area contributed by atoms with Gasteiger partial charge >= 0.3 is 0 Å². The Morgan fingerprint density at radius 3 is 2.76 bits per heavy atom. The largest absolute Gasteiger partial charge is 0.495 e. The molecule has 0 saturated carbocycles. The minimum absolute atomic E-state index is 0.0859. The molecule has 0 bridgehead atoms. The van der Waals surface area contributed by atoms with E-state index < -0.39 is 0 Å². The summed E-state index contributed by atoms with van der Waals surface area (Å²) in [5.41, 5.74) is 4.08. The van der Waals surface area contributed by atoms with Gasteiger partial charge in [-0.2, -0.15) is 0 Å². The molecular formula is C22H27N5O2. The summed E-state index contributed by atoms with van der Waals surface area (Å²) >= 11 is 0. The Morgan fingerprint density at radius 2 is 2.03 bits per heavy atom. The molecule has 1 N–H and O–H groups in total. The number of aromatic nitrogens is 2. The number of nitrogens with zero attached hydrogens (tertiary/aromatic N) is 4. The van der Waals surface area contributed by atoms with E-state index in [9.17, 15) is 4.79 Å². The molecule has 1 aliphatic heterocycles. The highest BCUT2D eigenvalue weighted by Crippen LogP contribution is 2.31. The monoisotopic (exact) mass is 393 g/mol. The van der Waals surface area contributed by atoms with Gasteiger partial charge in [-0.1, -0.05) is 0 Å². The van der Waals surface area contributed by atoms with Gasteiger partial charge in [0.25, 0.3) is 5.56 Å². The molecule has 0 amide bonds. The van der Waals surface area contributed by atoms with E-state index in [1.54, 1.807) is 17.6 Å². The molecule has 0 spiro atoms. The predicted octanol–water partition coefficient (Wildman–Crippen LogP) is 2.23. The highest BCUT2D eigenvalue weighted by molar-refractivity contribution is 5.71. The molecule has 1 aliphatic rings. The number of benzene rings is 1. The van der Waals surface area contributed by atoms with Crippen LogP contribution >= 0.6 is 0 Å². The summed E-state index contributed by atoms with van der Waals surface area (Å²) in [6.07, 6.45) is 1.89. The van der Waals surface area contributed by atoms with Crippen LogP contribution in [0.25, 0.3) is 16.9 Å². The maximum absolute atomic E-state index is 12.9. The van der Waals surface area contributed by atoms with Crippen molar-refractivity contribution in [2.24, 2.45) is 0 Å². The van der Waals surface area contributed by atoms with Gasteiger partial charge in [-0.05, 0) is 37.3 Å². The Bertz CT molecular complexity index is 1090. The van der Waals surface area contributed by atoms with Crippen LogP contribution in [0.5, 0.6) is 5.75 Å². The van der Waals surface area contributed by atoms with Gasteiger partial charge in [0, 0.05) is 57.6 Å². The second-order valence-electron chi connectivity index (χ2n) is 7.68. The quantitative estimate of drug-likeness (QED) is 0.734. The van der Waals surface area contributed by atoms with E-state index in [2.05, 4.69) is 17.1 Å². The number of hydrogen-bond acceptors (Lipinski definition) is 6. The van der Waals surface area contributed by atoms with E-state index >= 15 is 0 Å². The lowest BCUT2D eigenvalue weighted by Crippen LogP contribution is -2.49. The molecule has 4 rings (SSSR count). The lowest BCUT2D eigenvalue weighted by atomic mass is 10.1. The van der Waals surface area contributed by atoms with Crippen molar-refractivity contribution in [3.05, 3.63) is 52.9 Å². The zero-order valence-corrected chi connectivity index (χ0v) is 17.3. The molecular weight excluding hydrogens is 366 g/mol. The third kappa shape index (κ3) is 3.78. The number of pyridine rings is 1. The Morgan fingerprint density at radius 1 is 1.21 bits per heavy atom. The highest BCUT2D eigenvalue weighted by atomic mass is 16.5. The van der Waals surface area contributed by atoms with Crippen molar-refractivity contribution in [1.29, 1.82) is 0 Å². The van der Waals surface area contributed by atoms with Crippen LogP contribution in [0.2, 0.25) is 0 Å². The smallest absolute Gasteiger partial charge is 0.258 e. The number of piperazine rings is 1. The maximum Gasteiger partial charge on any atom is 0.258 e. The van der Waals surface area contributed by atoms with Crippen LogP contribution in [0.4, 0.5) is 11.4 Å². The minimum Gasteiger partial charge on any atom is -0.495 e. The van der Waals surface area contributed by atoms with Crippen molar-refractivity contribution in [2.45, 2.75) is 13.0 Å². The van der Waals surface area contributed by atoms with Gasteiger partial charge in [0.05, 0.1) is 24.2 Å². The molecule has 7 heteroatoms. The molecule has 2 aromatic heterocycles. The Hall–Kier alpha value is -3.06. The van der Waals surface area contributed by atoms with Crippen molar-refractivity contribution >= 4 is 17.0 Å². The van der Waals surface area contributed by atoms with Crippen LogP contribution < -0.4 is 25.4 Å². The van der Waals surface area contributed by atoms with E-state index in [1.807, 2.05) is 55.5 Å². The van der Waals surface area contributed by atoms with Crippen molar-refractivity contribution in [1.82, 2.24) is 14.7 Å². The zero-order valence-electron chi connectivity index (χ0n) is 17.3. The van der Waals surface area contributed by atoms with E-state index in [0.29, 0.717) is 17.4 Å². The molecule has 1 saturated heterocycles.